The molecule has 7 nitrogen and oxygen atoms in total. The number of carbonyl (C=O) groups is 1. The summed E-state index contributed by atoms with van der Waals surface area (Å²) in [5.41, 5.74) is 0.789. The molecular formula is C15H25N3O4S. The van der Waals surface area contributed by atoms with Gasteiger partial charge in [-0.15, -0.1) is 0 Å². The predicted molar refractivity (Wildman–Crippen MR) is 89.7 cm³/mol. The van der Waals surface area contributed by atoms with Crippen molar-refractivity contribution in [1.29, 1.82) is 0 Å². The summed E-state index contributed by atoms with van der Waals surface area (Å²) in [4.78, 5) is 17.4. The molecule has 1 N–H and O–H groups in total. The summed E-state index contributed by atoms with van der Waals surface area (Å²) in [5.74, 6) is 0.364. The van der Waals surface area contributed by atoms with Gasteiger partial charge in [-0.05, 0) is 31.9 Å². The number of nitrogens with zero attached hydrogens (tertiary/aromatic N) is 2. The SMILES string of the molecule is CCN(CC)c1ccc(CNS(=O)(=O)CCCC(=O)OC)cn1. The van der Waals surface area contributed by atoms with E-state index in [2.05, 4.69) is 33.2 Å². The van der Waals surface area contributed by atoms with E-state index >= 15 is 0 Å². The van der Waals surface area contributed by atoms with Crippen LogP contribution in [0.2, 0.25) is 0 Å². The maximum absolute atomic E-state index is 11.8. The number of anilines is 1. The summed E-state index contributed by atoms with van der Waals surface area (Å²) in [6.07, 6.45) is 2.00. The lowest BCUT2D eigenvalue weighted by atomic mass is 10.3. The lowest BCUT2D eigenvalue weighted by molar-refractivity contribution is -0.140. The zero-order valence-corrected chi connectivity index (χ0v) is 14.7. The summed E-state index contributed by atoms with van der Waals surface area (Å²) >= 11 is 0. The maximum Gasteiger partial charge on any atom is 0.305 e. The van der Waals surface area contributed by atoms with Crippen molar-refractivity contribution in [2.45, 2.75) is 33.2 Å². The van der Waals surface area contributed by atoms with Crippen LogP contribution in [0.15, 0.2) is 18.3 Å². The Morgan fingerprint density at radius 1 is 1.30 bits per heavy atom. The topological polar surface area (TPSA) is 88.6 Å². The fourth-order valence-electron chi connectivity index (χ4n) is 2.03. The van der Waals surface area contributed by atoms with Gasteiger partial charge in [0.25, 0.3) is 0 Å². The van der Waals surface area contributed by atoms with Crippen LogP contribution in [0.25, 0.3) is 0 Å². The molecule has 1 aromatic heterocycles. The summed E-state index contributed by atoms with van der Waals surface area (Å²) in [7, 11) is -2.13. The van der Waals surface area contributed by atoms with Crippen LogP contribution < -0.4 is 9.62 Å². The third-order valence-electron chi connectivity index (χ3n) is 3.41. The molecule has 0 fully saturated rings. The van der Waals surface area contributed by atoms with Gasteiger partial charge in [0.15, 0.2) is 0 Å². The Kier molecular flexibility index (Phi) is 7.97. The van der Waals surface area contributed by atoms with Gasteiger partial charge in [-0.3, -0.25) is 4.79 Å². The Morgan fingerprint density at radius 2 is 2.00 bits per heavy atom. The molecule has 1 heterocycles. The number of ether oxygens (including phenoxy) is 1. The smallest absolute Gasteiger partial charge is 0.305 e. The largest absolute Gasteiger partial charge is 0.469 e. The Bertz CT molecular complexity index is 583. The summed E-state index contributed by atoms with van der Waals surface area (Å²) in [6, 6.07) is 3.74. The number of pyridine rings is 1. The van der Waals surface area contributed by atoms with Crippen LogP contribution in [0.5, 0.6) is 0 Å². The molecule has 0 aliphatic heterocycles. The number of esters is 1. The molecule has 130 valence electrons. The minimum Gasteiger partial charge on any atom is -0.469 e. The van der Waals surface area contributed by atoms with E-state index in [1.54, 1.807) is 6.20 Å². The van der Waals surface area contributed by atoms with Crippen molar-refractivity contribution < 1.29 is 17.9 Å². The highest BCUT2D eigenvalue weighted by Gasteiger charge is 2.12. The number of hydrogen-bond acceptors (Lipinski definition) is 6. The van der Waals surface area contributed by atoms with Crippen LogP contribution in [-0.4, -0.2) is 45.3 Å². The van der Waals surface area contributed by atoms with Crippen molar-refractivity contribution in [3.05, 3.63) is 23.9 Å². The van der Waals surface area contributed by atoms with Crippen LogP contribution in [0.3, 0.4) is 0 Å². The first-order valence-corrected chi connectivity index (χ1v) is 9.31. The molecule has 0 saturated heterocycles. The fraction of sp³-hybridized carbons (Fsp3) is 0.600. The molecule has 1 aromatic rings. The Labute approximate surface area is 138 Å². The molecule has 1 rings (SSSR count). The molecule has 0 aliphatic rings. The quantitative estimate of drug-likeness (QED) is 0.644. The van der Waals surface area contributed by atoms with Crippen LogP contribution >= 0.6 is 0 Å². The average Bonchev–Trinajstić information content (AvgIpc) is 2.55. The first kappa shape index (κ1) is 19.4. The van der Waals surface area contributed by atoms with E-state index in [-0.39, 0.29) is 25.1 Å². The van der Waals surface area contributed by atoms with Gasteiger partial charge >= 0.3 is 5.97 Å². The van der Waals surface area contributed by atoms with Gasteiger partial charge in [-0.1, -0.05) is 6.07 Å². The van der Waals surface area contributed by atoms with E-state index in [9.17, 15) is 13.2 Å². The van der Waals surface area contributed by atoms with Crippen LogP contribution in [0, 0.1) is 0 Å². The summed E-state index contributed by atoms with van der Waals surface area (Å²) in [5, 5.41) is 0. The fourth-order valence-corrected chi connectivity index (χ4v) is 3.09. The van der Waals surface area contributed by atoms with Crippen LogP contribution in [-0.2, 0) is 26.1 Å². The van der Waals surface area contributed by atoms with Gasteiger partial charge in [0.2, 0.25) is 10.0 Å². The normalized spacial score (nSPS) is 11.3. The zero-order valence-electron chi connectivity index (χ0n) is 13.9. The highest BCUT2D eigenvalue weighted by atomic mass is 32.2. The highest BCUT2D eigenvalue weighted by Crippen LogP contribution is 2.11. The van der Waals surface area contributed by atoms with E-state index < -0.39 is 16.0 Å². The van der Waals surface area contributed by atoms with Gasteiger partial charge in [0, 0.05) is 32.3 Å². The van der Waals surface area contributed by atoms with Gasteiger partial charge in [0.05, 0.1) is 12.9 Å². The summed E-state index contributed by atoms with van der Waals surface area (Å²) in [6.45, 7) is 6.04. The number of carbonyl (C=O) groups excluding carboxylic acids is 1. The molecule has 0 spiro atoms. The number of rotatable bonds is 10. The standard InChI is InChI=1S/C15H25N3O4S/c1-4-18(5-2)14-9-8-13(11-16-14)12-17-23(20,21)10-6-7-15(19)22-3/h8-9,11,17H,4-7,10,12H2,1-3H3. The van der Waals surface area contributed by atoms with Crippen molar-refractivity contribution in [1.82, 2.24) is 9.71 Å². The molecule has 0 unspecified atom stereocenters. The van der Waals surface area contributed by atoms with E-state index in [0.717, 1.165) is 24.5 Å². The van der Waals surface area contributed by atoms with Gasteiger partial charge < -0.3 is 9.64 Å². The third-order valence-corrected chi connectivity index (χ3v) is 4.82. The van der Waals surface area contributed by atoms with E-state index in [0.29, 0.717) is 0 Å². The minimum atomic E-state index is -3.42. The molecule has 23 heavy (non-hydrogen) atoms. The highest BCUT2D eigenvalue weighted by molar-refractivity contribution is 7.89. The van der Waals surface area contributed by atoms with Gasteiger partial charge in [0.1, 0.15) is 5.82 Å². The van der Waals surface area contributed by atoms with Crippen LogP contribution in [0.4, 0.5) is 5.82 Å². The molecule has 0 saturated carbocycles. The Balaban J connectivity index is 2.49. The zero-order chi connectivity index (χ0) is 17.3. The van der Waals surface area contributed by atoms with Gasteiger partial charge in [-0.25, -0.2) is 18.1 Å². The minimum absolute atomic E-state index is 0.0948. The second-order valence-electron chi connectivity index (χ2n) is 5.02. The Morgan fingerprint density at radius 3 is 2.52 bits per heavy atom. The molecule has 0 atom stereocenters. The van der Waals surface area contributed by atoms with Crippen molar-refractivity contribution in [3.8, 4) is 0 Å². The summed E-state index contributed by atoms with van der Waals surface area (Å²) < 4.78 is 30.7. The number of sulfonamides is 1. The van der Waals surface area contributed by atoms with Crippen molar-refractivity contribution >= 4 is 21.8 Å². The van der Waals surface area contributed by atoms with Crippen LogP contribution in [0.1, 0.15) is 32.3 Å². The molecule has 8 heteroatoms. The predicted octanol–water partition coefficient (Wildman–Crippen LogP) is 1.30. The molecule has 0 amide bonds. The average molecular weight is 343 g/mol. The lowest BCUT2D eigenvalue weighted by Crippen LogP contribution is -2.26. The van der Waals surface area contributed by atoms with E-state index in [4.69, 9.17) is 0 Å². The first-order valence-electron chi connectivity index (χ1n) is 7.65. The molecule has 0 bridgehead atoms. The lowest BCUT2D eigenvalue weighted by Gasteiger charge is -2.19. The van der Waals surface area contributed by atoms with E-state index in [1.807, 2.05) is 12.1 Å². The molecule has 0 aromatic carbocycles. The second-order valence-corrected chi connectivity index (χ2v) is 6.94. The number of methoxy groups -OCH3 is 1. The van der Waals surface area contributed by atoms with Crippen molar-refractivity contribution in [2.75, 3.05) is 30.9 Å². The van der Waals surface area contributed by atoms with Crippen molar-refractivity contribution in [2.24, 2.45) is 0 Å². The second kappa shape index (κ2) is 9.46. The van der Waals surface area contributed by atoms with E-state index in [1.165, 1.54) is 7.11 Å². The number of nitrogens with one attached hydrogen (secondary N) is 1. The maximum atomic E-state index is 11.8. The first-order chi connectivity index (χ1) is 10.9. The Hall–Kier alpha value is -1.67. The molecular weight excluding hydrogens is 318 g/mol. The molecule has 0 aliphatic carbocycles. The number of aromatic nitrogens is 1. The number of hydrogen-bond donors (Lipinski definition) is 1. The molecule has 0 radical (unpaired) electrons. The van der Waals surface area contributed by atoms with Crippen molar-refractivity contribution in [3.63, 3.8) is 0 Å². The van der Waals surface area contributed by atoms with Gasteiger partial charge in [-0.2, -0.15) is 0 Å². The third kappa shape index (κ3) is 6.96. The monoisotopic (exact) mass is 343 g/mol.